The summed E-state index contributed by atoms with van der Waals surface area (Å²) < 4.78 is 38.3. The number of nitrogens with zero attached hydrogens (tertiary/aromatic N) is 2. The normalized spacial score (nSPS) is 20.1. The molecule has 118 valence electrons. The maximum atomic E-state index is 12.8. The summed E-state index contributed by atoms with van der Waals surface area (Å²) in [7, 11) is 0. The van der Waals surface area contributed by atoms with Crippen LogP contribution in [0.3, 0.4) is 0 Å². The Hall–Kier alpha value is -1.78. The highest BCUT2D eigenvalue weighted by Crippen LogP contribution is 2.38. The van der Waals surface area contributed by atoms with Gasteiger partial charge in [-0.1, -0.05) is 11.6 Å². The highest BCUT2D eigenvalue weighted by Gasteiger charge is 2.49. The number of rotatable bonds is 2. The Bertz CT molecular complexity index is 655. The highest BCUT2D eigenvalue weighted by molar-refractivity contribution is 6.33. The van der Waals surface area contributed by atoms with E-state index in [-0.39, 0.29) is 29.1 Å². The molecule has 8 heteroatoms. The molecule has 2 atom stereocenters. The summed E-state index contributed by atoms with van der Waals surface area (Å²) in [5.74, 6) is -0.517. The minimum atomic E-state index is -4.82. The standard InChI is InChI=1S/C14H12ClF3N2O2/c1-7-9(3-2-8(6-19)12(7)15)20-10(4-5-11(20)21)13(22)14(16,17)18/h2-3,10,13,22H,4-5H2,1H3. The lowest BCUT2D eigenvalue weighted by molar-refractivity contribution is -0.209. The number of alkyl halides is 3. The maximum Gasteiger partial charge on any atom is 0.416 e. The van der Waals surface area contributed by atoms with E-state index in [0.717, 1.165) is 4.90 Å². The zero-order valence-electron chi connectivity index (χ0n) is 11.5. The summed E-state index contributed by atoms with van der Waals surface area (Å²) in [6.45, 7) is 1.52. The molecule has 0 saturated carbocycles. The van der Waals surface area contributed by atoms with Crippen molar-refractivity contribution >= 4 is 23.2 Å². The number of aliphatic hydroxyl groups is 1. The lowest BCUT2D eigenvalue weighted by atomic mass is 10.0. The number of nitriles is 1. The van der Waals surface area contributed by atoms with E-state index in [9.17, 15) is 23.1 Å². The first-order valence-electron chi connectivity index (χ1n) is 6.44. The van der Waals surface area contributed by atoms with Crippen LogP contribution in [0, 0.1) is 18.3 Å². The van der Waals surface area contributed by atoms with Gasteiger partial charge >= 0.3 is 6.18 Å². The van der Waals surface area contributed by atoms with Gasteiger partial charge in [-0.25, -0.2) is 0 Å². The molecule has 1 fully saturated rings. The van der Waals surface area contributed by atoms with Gasteiger partial charge in [-0.05, 0) is 31.0 Å². The van der Waals surface area contributed by atoms with E-state index in [1.165, 1.54) is 19.1 Å². The Kier molecular flexibility index (Phi) is 4.36. The monoisotopic (exact) mass is 332 g/mol. The van der Waals surface area contributed by atoms with Gasteiger partial charge in [0.2, 0.25) is 5.91 Å². The first kappa shape index (κ1) is 16.6. The minimum absolute atomic E-state index is 0.0833. The van der Waals surface area contributed by atoms with E-state index in [1.54, 1.807) is 0 Å². The van der Waals surface area contributed by atoms with Crippen LogP contribution in [-0.4, -0.2) is 29.3 Å². The van der Waals surface area contributed by atoms with Crippen molar-refractivity contribution in [3.8, 4) is 6.07 Å². The van der Waals surface area contributed by atoms with Crippen LogP contribution in [0.5, 0.6) is 0 Å². The van der Waals surface area contributed by atoms with Crippen molar-refractivity contribution in [2.75, 3.05) is 4.90 Å². The summed E-state index contributed by atoms with van der Waals surface area (Å²) in [6, 6.07) is 3.18. The molecule has 0 radical (unpaired) electrons. The Morgan fingerprint density at radius 1 is 1.50 bits per heavy atom. The summed E-state index contributed by atoms with van der Waals surface area (Å²) >= 11 is 6.00. The smallest absolute Gasteiger partial charge is 0.382 e. The SMILES string of the molecule is Cc1c(N2C(=O)CCC2C(O)C(F)(F)F)ccc(C#N)c1Cl. The molecule has 2 rings (SSSR count). The summed E-state index contributed by atoms with van der Waals surface area (Å²) in [6.07, 6.45) is -7.64. The second kappa shape index (κ2) is 5.78. The average molecular weight is 333 g/mol. The number of anilines is 1. The van der Waals surface area contributed by atoms with Gasteiger partial charge in [0, 0.05) is 12.1 Å². The lowest BCUT2D eigenvalue weighted by Crippen LogP contribution is -2.48. The van der Waals surface area contributed by atoms with E-state index in [2.05, 4.69) is 0 Å². The molecule has 1 aliphatic rings. The van der Waals surface area contributed by atoms with Gasteiger partial charge in [0.05, 0.1) is 16.6 Å². The molecular formula is C14H12ClF3N2O2. The molecule has 1 aliphatic heterocycles. The Morgan fingerprint density at radius 3 is 2.68 bits per heavy atom. The first-order chi connectivity index (χ1) is 10.2. The van der Waals surface area contributed by atoms with Gasteiger partial charge in [-0.2, -0.15) is 18.4 Å². The van der Waals surface area contributed by atoms with Crippen LogP contribution in [0.15, 0.2) is 12.1 Å². The van der Waals surface area contributed by atoms with Gasteiger partial charge in [0.25, 0.3) is 0 Å². The van der Waals surface area contributed by atoms with Crippen molar-refractivity contribution < 1.29 is 23.1 Å². The zero-order valence-corrected chi connectivity index (χ0v) is 12.2. The molecule has 1 saturated heterocycles. The quantitative estimate of drug-likeness (QED) is 0.905. The molecule has 1 amide bonds. The van der Waals surface area contributed by atoms with Gasteiger partial charge in [-0.3, -0.25) is 4.79 Å². The van der Waals surface area contributed by atoms with Gasteiger partial charge in [0.15, 0.2) is 6.10 Å². The van der Waals surface area contributed by atoms with Crippen LogP contribution in [0.2, 0.25) is 5.02 Å². The lowest BCUT2D eigenvalue weighted by Gasteiger charge is -2.31. The fraction of sp³-hybridized carbons (Fsp3) is 0.429. The first-order valence-corrected chi connectivity index (χ1v) is 6.82. The molecule has 0 aliphatic carbocycles. The highest BCUT2D eigenvalue weighted by atomic mass is 35.5. The van der Waals surface area contributed by atoms with E-state index in [0.29, 0.717) is 5.56 Å². The molecule has 1 N–H and O–H groups in total. The zero-order chi connectivity index (χ0) is 16.7. The largest absolute Gasteiger partial charge is 0.416 e. The van der Waals surface area contributed by atoms with Crippen LogP contribution in [0.1, 0.15) is 24.0 Å². The topological polar surface area (TPSA) is 64.3 Å². The molecule has 1 aromatic rings. The van der Waals surface area contributed by atoms with Crippen molar-refractivity contribution in [3.63, 3.8) is 0 Å². The Morgan fingerprint density at radius 2 is 2.14 bits per heavy atom. The molecule has 0 aromatic heterocycles. The number of carbonyl (C=O) groups is 1. The molecule has 0 bridgehead atoms. The van der Waals surface area contributed by atoms with Crippen LogP contribution in [-0.2, 0) is 4.79 Å². The number of benzene rings is 1. The van der Waals surface area contributed by atoms with E-state index in [1.807, 2.05) is 6.07 Å². The van der Waals surface area contributed by atoms with E-state index >= 15 is 0 Å². The molecule has 2 unspecified atom stereocenters. The van der Waals surface area contributed by atoms with Crippen molar-refractivity contribution in [3.05, 3.63) is 28.3 Å². The van der Waals surface area contributed by atoms with Crippen LogP contribution < -0.4 is 4.90 Å². The molecule has 22 heavy (non-hydrogen) atoms. The minimum Gasteiger partial charge on any atom is -0.382 e. The summed E-state index contributed by atoms with van der Waals surface area (Å²) in [5, 5.41) is 18.5. The van der Waals surface area contributed by atoms with Crippen molar-refractivity contribution in [2.45, 2.75) is 38.1 Å². The van der Waals surface area contributed by atoms with Crippen LogP contribution >= 0.6 is 11.6 Å². The number of halogens is 4. The molecule has 4 nitrogen and oxygen atoms in total. The van der Waals surface area contributed by atoms with Crippen molar-refractivity contribution in [1.29, 1.82) is 5.26 Å². The second-order valence-electron chi connectivity index (χ2n) is 5.04. The van der Waals surface area contributed by atoms with Crippen LogP contribution in [0.4, 0.5) is 18.9 Å². The van der Waals surface area contributed by atoms with Crippen LogP contribution in [0.25, 0.3) is 0 Å². The van der Waals surface area contributed by atoms with E-state index in [4.69, 9.17) is 16.9 Å². The van der Waals surface area contributed by atoms with Gasteiger partial charge in [0.1, 0.15) is 6.07 Å². The second-order valence-corrected chi connectivity index (χ2v) is 5.42. The number of aliphatic hydroxyl groups excluding tert-OH is 1. The fourth-order valence-corrected chi connectivity index (χ4v) is 2.76. The summed E-state index contributed by atoms with van der Waals surface area (Å²) in [4.78, 5) is 12.9. The number of hydrogen-bond donors (Lipinski definition) is 1. The van der Waals surface area contributed by atoms with Gasteiger partial charge in [-0.15, -0.1) is 0 Å². The number of carbonyl (C=O) groups excluding carboxylic acids is 1. The third-order valence-corrected chi connectivity index (χ3v) is 4.18. The van der Waals surface area contributed by atoms with Crippen molar-refractivity contribution in [1.82, 2.24) is 0 Å². The number of hydrogen-bond acceptors (Lipinski definition) is 3. The molecule has 1 aromatic carbocycles. The molecule has 1 heterocycles. The third-order valence-electron chi connectivity index (χ3n) is 3.69. The average Bonchev–Trinajstić information content (AvgIpc) is 2.81. The third kappa shape index (κ3) is 2.76. The predicted octanol–water partition coefficient (Wildman–Crippen LogP) is 2.94. The number of amides is 1. The maximum absolute atomic E-state index is 12.8. The Labute approximate surface area is 129 Å². The van der Waals surface area contributed by atoms with E-state index < -0.39 is 24.2 Å². The summed E-state index contributed by atoms with van der Waals surface area (Å²) in [5.41, 5.74) is 0.678. The molecular weight excluding hydrogens is 321 g/mol. The van der Waals surface area contributed by atoms with Crippen molar-refractivity contribution in [2.24, 2.45) is 0 Å². The predicted molar refractivity (Wildman–Crippen MR) is 73.5 cm³/mol. The Balaban J connectivity index is 2.48. The fourth-order valence-electron chi connectivity index (χ4n) is 2.56. The van der Waals surface area contributed by atoms with Gasteiger partial charge < -0.3 is 10.0 Å². The molecule has 0 spiro atoms.